The Balaban J connectivity index is 1.57. The van der Waals surface area contributed by atoms with Crippen LogP contribution in [-0.2, 0) is 14.6 Å². The molecule has 0 aliphatic rings. The van der Waals surface area contributed by atoms with E-state index >= 15 is 0 Å². The zero-order valence-electron chi connectivity index (χ0n) is 14.2. The maximum atomic E-state index is 12.2. The maximum absolute atomic E-state index is 12.2. The number of halogens is 1. The number of thiazole rings is 1. The highest BCUT2D eigenvalue weighted by atomic mass is 35.5. The fourth-order valence-electron chi connectivity index (χ4n) is 2.31. The highest BCUT2D eigenvalue weighted by Gasteiger charge is 2.17. The van der Waals surface area contributed by atoms with E-state index in [1.165, 1.54) is 35.6 Å². The summed E-state index contributed by atoms with van der Waals surface area (Å²) < 4.78 is 30.6. The van der Waals surface area contributed by atoms with Crippen molar-refractivity contribution in [3.63, 3.8) is 0 Å². The number of rotatable bonds is 7. The van der Waals surface area contributed by atoms with Crippen molar-refractivity contribution in [2.24, 2.45) is 0 Å². The molecule has 0 atom stereocenters. The van der Waals surface area contributed by atoms with Gasteiger partial charge in [-0.3, -0.25) is 15.6 Å². The molecule has 1 amide bonds. The molecule has 1 heterocycles. The summed E-state index contributed by atoms with van der Waals surface area (Å²) >= 11 is 7.10. The highest BCUT2D eigenvalue weighted by molar-refractivity contribution is 7.91. The summed E-state index contributed by atoms with van der Waals surface area (Å²) in [6.07, 6.45) is -0.188. The summed E-state index contributed by atoms with van der Waals surface area (Å²) in [5.74, 6) is -0.133. The molecule has 0 aliphatic heterocycles. The van der Waals surface area contributed by atoms with Crippen LogP contribution in [0.5, 0.6) is 5.75 Å². The molecule has 0 aliphatic carbocycles. The van der Waals surface area contributed by atoms with Crippen LogP contribution < -0.4 is 15.6 Å². The molecule has 0 spiro atoms. The van der Waals surface area contributed by atoms with Crippen molar-refractivity contribution in [1.29, 1.82) is 0 Å². The van der Waals surface area contributed by atoms with E-state index in [9.17, 15) is 13.2 Å². The Labute approximate surface area is 165 Å². The lowest BCUT2D eigenvalue weighted by Gasteiger charge is -2.06. The summed E-state index contributed by atoms with van der Waals surface area (Å²) in [5.41, 5.74) is 5.86. The number of sulfone groups is 1. The predicted octanol–water partition coefficient (Wildman–Crippen LogP) is 3.27. The van der Waals surface area contributed by atoms with Gasteiger partial charge >= 0.3 is 0 Å². The molecule has 3 aromatic rings. The average molecular weight is 426 g/mol. The lowest BCUT2D eigenvalue weighted by atomic mass is 10.3. The third-order valence-corrected chi connectivity index (χ3v) is 6.60. The largest absolute Gasteiger partial charge is 0.494 e. The van der Waals surface area contributed by atoms with E-state index in [2.05, 4.69) is 15.8 Å². The van der Waals surface area contributed by atoms with Gasteiger partial charge in [0.1, 0.15) is 11.3 Å². The average Bonchev–Trinajstić information content (AvgIpc) is 3.08. The van der Waals surface area contributed by atoms with E-state index < -0.39 is 15.7 Å². The molecule has 3 rings (SSSR count). The molecule has 0 radical (unpaired) electrons. The minimum atomic E-state index is -3.56. The number of ether oxygens (including phenoxy) is 1. The number of amides is 1. The zero-order chi connectivity index (χ0) is 19.4. The Morgan fingerprint density at radius 1 is 1.22 bits per heavy atom. The minimum Gasteiger partial charge on any atom is -0.494 e. The number of fused-ring (bicyclic) bond motifs is 1. The number of nitrogens with one attached hydrogen (secondary N) is 2. The first-order valence-corrected chi connectivity index (χ1v) is 10.7. The molecular weight excluding hydrogens is 410 g/mol. The quantitative estimate of drug-likeness (QED) is 0.564. The molecule has 142 valence electrons. The van der Waals surface area contributed by atoms with E-state index in [-0.39, 0.29) is 17.1 Å². The Kier molecular flexibility index (Phi) is 5.83. The predicted molar refractivity (Wildman–Crippen MR) is 106 cm³/mol. The second-order valence-corrected chi connectivity index (χ2v) is 9.10. The monoisotopic (exact) mass is 425 g/mol. The van der Waals surface area contributed by atoms with Crippen molar-refractivity contribution in [2.45, 2.75) is 11.3 Å². The van der Waals surface area contributed by atoms with Crippen LogP contribution >= 0.6 is 22.9 Å². The third kappa shape index (κ3) is 4.68. The number of hydrogen-bond acceptors (Lipinski definition) is 7. The van der Waals surface area contributed by atoms with E-state index in [1.807, 2.05) is 12.1 Å². The van der Waals surface area contributed by atoms with Gasteiger partial charge in [0.05, 0.1) is 22.5 Å². The molecule has 2 aromatic carbocycles. The summed E-state index contributed by atoms with van der Waals surface area (Å²) in [7, 11) is -2.00. The number of carbonyl (C=O) groups is 1. The lowest BCUT2D eigenvalue weighted by molar-refractivity contribution is -0.120. The zero-order valence-corrected chi connectivity index (χ0v) is 16.6. The molecule has 0 bridgehead atoms. The van der Waals surface area contributed by atoms with Crippen LogP contribution in [0.1, 0.15) is 6.42 Å². The van der Waals surface area contributed by atoms with Crippen molar-refractivity contribution in [2.75, 3.05) is 18.3 Å². The van der Waals surface area contributed by atoms with Gasteiger partial charge in [-0.2, -0.15) is 0 Å². The number of methoxy groups -OCH3 is 1. The Morgan fingerprint density at radius 3 is 2.67 bits per heavy atom. The van der Waals surface area contributed by atoms with Crippen molar-refractivity contribution >= 4 is 54.0 Å². The summed E-state index contributed by atoms with van der Waals surface area (Å²) in [5, 5.41) is 0.923. The Bertz CT molecular complexity index is 1070. The fourth-order valence-corrected chi connectivity index (χ4v) is 4.52. The van der Waals surface area contributed by atoms with Crippen LogP contribution in [-0.4, -0.2) is 32.2 Å². The SMILES string of the molecule is COc1cccc2sc(NNC(=O)CCS(=O)(=O)c3ccc(Cl)cc3)nc12. The topological polar surface area (TPSA) is 97.4 Å². The normalized spacial score (nSPS) is 11.3. The summed E-state index contributed by atoms with van der Waals surface area (Å²) in [6.45, 7) is 0. The molecule has 0 fully saturated rings. The van der Waals surface area contributed by atoms with E-state index in [0.717, 1.165) is 4.70 Å². The van der Waals surface area contributed by atoms with Crippen LogP contribution in [0.4, 0.5) is 5.13 Å². The first-order valence-electron chi connectivity index (χ1n) is 7.86. The molecule has 0 saturated carbocycles. The molecule has 1 aromatic heterocycles. The number of nitrogens with zero attached hydrogens (tertiary/aromatic N) is 1. The number of carbonyl (C=O) groups excluding carboxylic acids is 1. The lowest BCUT2D eigenvalue weighted by Crippen LogP contribution is -2.30. The second-order valence-electron chi connectivity index (χ2n) is 5.52. The third-order valence-electron chi connectivity index (χ3n) is 3.68. The number of benzene rings is 2. The first-order chi connectivity index (χ1) is 12.9. The van der Waals surface area contributed by atoms with Crippen LogP contribution in [0.2, 0.25) is 5.02 Å². The van der Waals surface area contributed by atoms with E-state index in [4.69, 9.17) is 16.3 Å². The molecular formula is C17H16ClN3O4S2. The van der Waals surface area contributed by atoms with Gasteiger partial charge < -0.3 is 4.74 Å². The van der Waals surface area contributed by atoms with E-state index in [1.54, 1.807) is 13.2 Å². The van der Waals surface area contributed by atoms with Crippen LogP contribution in [0.15, 0.2) is 47.4 Å². The van der Waals surface area contributed by atoms with Crippen LogP contribution in [0.25, 0.3) is 10.2 Å². The summed E-state index contributed by atoms with van der Waals surface area (Å²) in [4.78, 5) is 16.5. The standard InChI is InChI=1S/C17H16ClN3O4S2/c1-25-13-3-2-4-14-16(13)19-17(26-14)21-20-15(22)9-10-27(23,24)12-7-5-11(18)6-8-12/h2-8H,9-10H2,1H3,(H,19,21)(H,20,22). The van der Waals surface area contributed by atoms with Gasteiger partial charge in [-0.05, 0) is 36.4 Å². The van der Waals surface area contributed by atoms with Gasteiger partial charge in [0.15, 0.2) is 9.84 Å². The van der Waals surface area contributed by atoms with Gasteiger partial charge in [-0.1, -0.05) is 29.0 Å². The van der Waals surface area contributed by atoms with Crippen molar-refractivity contribution < 1.29 is 17.9 Å². The van der Waals surface area contributed by atoms with Gasteiger partial charge in [0, 0.05) is 11.4 Å². The number of hydrazine groups is 1. The van der Waals surface area contributed by atoms with Crippen molar-refractivity contribution in [1.82, 2.24) is 10.4 Å². The first kappa shape index (κ1) is 19.4. The minimum absolute atomic E-state index is 0.130. The van der Waals surface area contributed by atoms with Crippen LogP contribution in [0.3, 0.4) is 0 Å². The number of para-hydroxylation sites is 1. The smallest absolute Gasteiger partial charge is 0.239 e. The Morgan fingerprint density at radius 2 is 1.96 bits per heavy atom. The van der Waals surface area contributed by atoms with Gasteiger partial charge in [-0.15, -0.1) is 0 Å². The van der Waals surface area contributed by atoms with Gasteiger partial charge in [0.2, 0.25) is 11.0 Å². The van der Waals surface area contributed by atoms with E-state index in [0.29, 0.717) is 21.4 Å². The molecule has 7 nitrogen and oxygen atoms in total. The number of aromatic nitrogens is 1. The highest BCUT2D eigenvalue weighted by Crippen LogP contribution is 2.31. The summed E-state index contributed by atoms with van der Waals surface area (Å²) in [6, 6.07) is 11.4. The van der Waals surface area contributed by atoms with Crippen LogP contribution in [0, 0.1) is 0 Å². The number of hydrogen-bond donors (Lipinski definition) is 2. The molecule has 2 N–H and O–H groups in total. The molecule has 10 heteroatoms. The van der Waals surface area contributed by atoms with Crippen molar-refractivity contribution in [3.8, 4) is 5.75 Å². The van der Waals surface area contributed by atoms with Gasteiger partial charge in [0.25, 0.3) is 0 Å². The van der Waals surface area contributed by atoms with Gasteiger partial charge in [-0.25, -0.2) is 13.4 Å². The molecule has 0 unspecified atom stereocenters. The number of anilines is 1. The van der Waals surface area contributed by atoms with Crippen molar-refractivity contribution in [3.05, 3.63) is 47.5 Å². The Hall–Kier alpha value is -2.36. The fraction of sp³-hybridized carbons (Fsp3) is 0.176. The maximum Gasteiger partial charge on any atom is 0.239 e. The molecule has 27 heavy (non-hydrogen) atoms. The molecule has 0 saturated heterocycles. The second kappa shape index (κ2) is 8.12.